The Morgan fingerprint density at radius 2 is 1.79 bits per heavy atom. The van der Waals surface area contributed by atoms with E-state index in [2.05, 4.69) is 29.6 Å². The van der Waals surface area contributed by atoms with Gasteiger partial charge in [-0.2, -0.15) is 0 Å². The molecule has 1 aromatic carbocycles. The van der Waals surface area contributed by atoms with E-state index in [4.69, 9.17) is 9.47 Å². The minimum Gasteiger partial charge on any atom is -0.382 e. The minimum atomic E-state index is 0.631. The SMILES string of the molecule is COCCOCCCCNC1Cc2ccccc2C1. The standard InChI is InChI=1S/C16H25NO2/c1-18-10-11-19-9-5-4-8-17-16-12-14-6-2-3-7-15(14)13-16/h2-3,6-7,16-17H,4-5,8-13H2,1H3. The highest BCUT2D eigenvalue weighted by Crippen LogP contribution is 2.21. The Labute approximate surface area is 116 Å². The first-order chi connectivity index (χ1) is 9.40. The largest absolute Gasteiger partial charge is 0.382 e. The number of rotatable bonds is 9. The monoisotopic (exact) mass is 263 g/mol. The summed E-state index contributed by atoms with van der Waals surface area (Å²) in [5.74, 6) is 0. The van der Waals surface area contributed by atoms with Crippen LogP contribution in [0.3, 0.4) is 0 Å². The molecule has 0 heterocycles. The fraction of sp³-hybridized carbons (Fsp3) is 0.625. The Morgan fingerprint density at radius 3 is 2.47 bits per heavy atom. The summed E-state index contributed by atoms with van der Waals surface area (Å²) in [6.07, 6.45) is 4.66. The molecule has 1 aromatic rings. The molecule has 0 amide bonds. The molecule has 0 aliphatic heterocycles. The Balaban J connectivity index is 1.49. The van der Waals surface area contributed by atoms with Crippen LogP contribution in [0.5, 0.6) is 0 Å². The van der Waals surface area contributed by atoms with Crippen LogP contribution >= 0.6 is 0 Å². The van der Waals surface area contributed by atoms with E-state index in [0.29, 0.717) is 19.3 Å². The maximum absolute atomic E-state index is 5.44. The third kappa shape index (κ3) is 4.94. The number of hydrogen-bond donors (Lipinski definition) is 1. The van der Waals surface area contributed by atoms with Crippen LogP contribution in [0.2, 0.25) is 0 Å². The lowest BCUT2D eigenvalue weighted by Crippen LogP contribution is -2.30. The number of fused-ring (bicyclic) bond motifs is 1. The van der Waals surface area contributed by atoms with Crippen LogP contribution in [0, 0.1) is 0 Å². The number of unbranched alkanes of at least 4 members (excludes halogenated alkanes) is 1. The third-order valence-corrected chi connectivity index (χ3v) is 3.63. The van der Waals surface area contributed by atoms with E-state index in [1.165, 1.54) is 30.4 Å². The molecule has 106 valence electrons. The molecule has 3 nitrogen and oxygen atoms in total. The van der Waals surface area contributed by atoms with Crippen LogP contribution in [-0.4, -0.2) is 39.5 Å². The topological polar surface area (TPSA) is 30.5 Å². The second-order valence-electron chi connectivity index (χ2n) is 5.14. The molecule has 1 aliphatic carbocycles. The van der Waals surface area contributed by atoms with Gasteiger partial charge in [-0.15, -0.1) is 0 Å². The lowest BCUT2D eigenvalue weighted by molar-refractivity contribution is 0.0687. The van der Waals surface area contributed by atoms with Crippen LogP contribution in [-0.2, 0) is 22.3 Å². The van der Waals surface area contributed by atoms with Crippen molar-refractivity contribution < 1.29 is 9.47 Å². The molecule has 2 rings (SSSR count). The molecule has 1 N–H and O–H groups in total. The Hall–Kier alpha value is -0.900. The lowest BCUT2D eigenvalue weighted by atomic mass is 10.1. The van der Waals surface area contributed by atoms with Gasteiger partial charge in [-0.1, -0.05) is 24.3 Å². The summed E-state index contributed by atoms with van der Waals surface area (Å²) in [6.45, 7) is 3.34. The van der Waals surface area contributed by atoms with Gasteiger partial charge in [-0.3, -0.25) is 0 Å². The average molecular weight is 263 g/mol. The molecule has 3 heteroatoms. The summed E-state index contributed by atoms with van der Waals surface area (Å²) in [6, 6.07) is 9.41. The zero-order valence-corrected chi connectivity index (χ0v) is 11.9. The molecule has 0 aromatic heterocycles. The zero-order valence-electron chi connectivity index (χ0n) is 11.9. The van der Waals surface area contributed by atoms with E-state index in [1.54, 1.807) is 7.11 Å². The zero-order chi connectivity index (χ0) is 13.3. The molecular formula is C16H25NO2. The first-order valence-electron chi connectivity index (χ1n) is 7.27. The quantitative estimate of drug-likeness (QED) is 0.693. The molecule has 0 unspecified atom stereocenters. The number of methoxy groups -OCH3 is 1. The summed E-state index contributed by atoms with van der Waals surface area (Å²) >= 11 is 0. The van der Waals surface area contributed by atoms with E-state index < -0.39 is 0 Å². The Morgan fingerprint density at radius 1 is 1.05 bits per heavy atom. The molecule has 0 atom stereocenters. The summed E-state index contributed by atoms with van der Waals surface area (Å²) in [4.78, 5) is 0. The molecule has 0 bridgehead atoms. The van der Waals surface area contributed by atoms with Crippen LogP contribution in [0.4, 0.5) is 0 Å². The smallest absolute Gasteiger partial charge is 0.0700 e. The Kier molecular flexibility index (Phi) is 6.34. The van der Waals surface area contributed by atoms with E-state index >= 15 is 0 Å². The predicted octanol–water partition coefficient (Wildman–Crippen LogP) is 2.19. The van der Waals surface area contributed by atoms with Crippen LogP contribution in [0.1, 0.15) is 24.0 Å². The van der Waals surface area contributed by atoms with Gasteiger partial charge in [0.25, 0.3) is 0 Å². The van der Waals surface area contributed by atoms with Crippen molar-refractivity contribution in [1.82, 2.24) is 5.32 Å². The number of nitrogens with one attached hydrogen (secondary N) is 1. The molecule has 0 radical (unpaired) electrons. The van der Waals surface area contributed by atoms with E-state index in [1.807, 2.05) is 0 Å². The fourth-order valence-corrected chi connectivity index (χ4v) is 2.58. The summed E-state index contributed by atoms with van der Waals surface area (Å²) < 4.78 is 10.4. The van der Waals surface area contributed by atoms with E-state index in [9.17, 15) is 0 Å². The number of ether oxygens (including phenoxy) is 2. The first kappa shape index (κ1) is 14.5. The molecule has 0 spiro atoms. The highest BCUT2D eigenvalue weighted by molar-refractivity contribution is 5.33. The van der Waals surface area contributed by atoms with Gasteiger partial charge in [-0.05, 0) is 43.4 Å². The minimum absolute atomic E-state index is 0.631. The van der Waals surface area contributed by atoms with Crippen molar-refractivity contribution in [2.45, 2.75) is 31.7 Å². The highest BCUT2D eigenvalue weighted by atomic mass is 16.5. The number of benzene rings is 1. The highest BCUT2D eigenvalue weighted by Gasteiger charge is 2.19. The van der Waals surface area contributed by atoms with Crippen LogP contribution < -0.4 is 5.32 Å². The normalized spacial score (nSPS) is 14.8. The van der Waals surface area contributed by atoms with Crippen molar-refractivity contribution in [3.8, 4) is 0 Å². The van der Waals surface area contributed by atoms with Gasteiger partial charge in [0.1, 0.15) is 0 Å². The molecule has 0 fully saturated rings. The molecule has 19 heavy (non-hydrogen) atoms. The predicted molar refractivity (Wildman–Crippen MR) is 77.6 cm³/mol. The third-order valence-electron chi connectivity index (χ3n) is 3.63. The van der Waals surface area contributed by atoms with Gasteiger partial charge < -0.3 is 14.8 Å². The van der Waals surface area contributed by atoms with Gasteiger partial charge in [0, 0.05) is 19.8 Å². The molecular weight excluding hydrogens is 238 g/mol. The van der Waals surface area contributed by atoms with Crippen molar-refractivity contribution in [3.05, 3.63) is 35.4 Å². The van der Waals surface area contributed by atoms with Crippen molar-refractivity contribution in [2.75, 3.05) is 33.5 Å². The Bertz CT molecular complexity index is 343. The van der Waals surface area contributed by atoms with Gasteiger partial charge in [0.05, 0.1) is 13.2 Å². The van der Waals surface area contributed by atoms with E-state index in [-0.39, 0.29) is 0 Å². The maximum atomic E-state index is 5.44. The van der Waals surface area contributed by atoms with Gasteiger partial charge in [-0.25, -0.2) is 0 Å². The van der Waals surface area contributed by atoms with Crippen molar-refractivity contribution >= 4 is 0 Å². The average Bonchev–Trinajstić information content (AvgIpc) is 2.84. The molecule has 0 saturated heterocycles. The van der Waals surface area contributed by atoms with Gasteiger partial charge in [0.2, 0.25) is 0 Å². The van der Waals surface area contributed by atoms with Crippen LogP contribution in [0.15, 0.2) is 24.3 Å². The van der Waals surface area contributed by atoms with Crippen molar-refractivity contribution in [2.24, 2.45) is 0 Å². The molecule has 1 aliphatic rings. The van der Waals surface area contributed by atoms with Crippen LogP contribution in [0.25, 0.3) is 0 Å². The number of hydrogen-bond acceptors (Lipinski definition) is 3. The summed E-state index contributed by atoms with van der Waals surface area (Å²) in [5.41, 5.74) is 3.03. The molecule has 0 saturated carbocycles. The second kappa shape index (κ2) is 8.31. The summed E-state index contributed by atoms with van der Waals surface area (Å²) in [7, 11) is 1.70. The van der Waals surface area contributed by atoms with Gasteiger partial charge >= 0.3 is 0 Å². The van der Waals surface area contributed by atoms with Crippen molar-refractivity contribution in [1.29, 1.82) is 0 Å². The van der Waals surface area contributed by atoms with Gasteiger partial charge in [0.15, 0.2) is 0 Å². The summed E-state index contributed by atoms with van der Waals surface area (Å²) in [5, 5.41) is 3.65. The fourth-order valence-electron chi connectivity index (χ4n) is 2.58. The maximum Gasteiger partial charge on any atom is 0.0700 e. The second-order valence-corrected chi connectivity index (χ2v) is 5.14. The van der Waals surface area contributed by atoms with Crippen molar-refractivity contribution in [3.63, 3.8) is 0 Å². The van der Waals surface area contributed by atoms with E-state index in [0.717, 1.165) is 19.6 Å². The first-order valence-corrected chi connectivity index (χ1v) is 7.27. The lowest BCUT2D eigenvalue weighted by Gasteiger charge is -2.11.